The zero-order valence-electron chi connectivity index (χ0n) is 10.6. The second kappa shape index (κ2) is 6.98. The lowest BCUT2D eigenvalue weighted by molar-refractivity contribution is -0.137. The molecule has 3 N–H and O–H groups in total. The van der Waals surface area contributed by atoms with Crippen LogP contribution in [0.15, 0.2) is 0 Å². The minimum atomic E-state index is -0.960. The lowest BCUT2D eigenvalue weighted by Gasteiger charge is -2.16. The highest BCUT2D eigenvalue weighted by molar-refractivity contribution is 5.88. The molecule has 0 bridgehead atoms. The van der Waals surface area contributed by atoms with Crippen molar-refractivity contribution in [2.24, 2.45) is 5.92 Å². The number of hydrogen-bond acceptors (Lipinski definition) is 3. The van der Waals surface area contributed by atoms with Crippen molar-refractivity contribution in [3.05, 3.63) is 0 Å². The molecule has 1 unspecified atom stereocenters. The lowest BCUT2D eigenvalue weighted by atomic mass is 10.1. The van der Waals surface area contributed by atoms with E-state index >= 15 is 0 Å². The first kappa shape index (κ1) is 14.5. The fourth-order valence-electron chi connectivity index (χ4n) is 2.03. The summed E-state index contributed by atoms with van der Waals surface area (Å²) >= 11 is 0. The van der Waals surface area contributed by atoms with Gasteiger partial charge in [-0.15, -0.1) is 0 Å². The van der Waals surface area contributed by atoms with Crippen molar-refractivity contribution in [1.82, 2.24) is 10.6 Å². The van der Waals surface area contributed by atoms with Gasteiger partial charge in [0.15, 0.2) is 0 Å². The average Bonchev–Trinajstić information content (AvgIpc) is 2.81. The molecule has 6 heteroatoms. The molecule has 0 spiro atoms. The maximum Gasteiger partial charge on any atom is 0.305 e. The number of amides is 2. The molecule has 0 aliphatic heterocycles. The topological polar surface area (TPSA) is 95.5 Å². The molecule has 0 saturated heterocycles. The van der Waals surface area contributed by atoms with Crippen molar-refractivity contribution in [2.75, 3.05) is 6.54 Å². The van der Waals surface area contributed by atoms with Crippen LogP contribution in [0.1, 0.15) is 39.0 Å². The van der Waals surface area contributed by atoms with Crippen LogP contribution in [0.3, 0.4) is 0 Å². The summed E-state index contributed by atoms with van der Waals surface area (Å²) in [6, 6.07) is -0.619. The van der Waals surface area contributed by atoms with Gasteiger partial charge in [-0.1, -0.05) is 12.8 Å². The van der Waals surface area contributed by atoms with Gasteiger partial charge in [-0.05, 0) is 19.8 Å². The van der Waals surface area contributed by atoms with Crippen molar-refractivity contribution in [1.29, 1.82) is 0 Å². The Balaban J connectivity index is 2.25. The second-order valence-corrected chi connectivity index (χ2v) is 4.65. The van der Waals surface area contributed by atoms with Crippen LogP contribution in [-0.2, 0) is 14.4 Å². The van der Waals surface area contributed by atoms with Gasteiger partial charge in [0, 0.05) is 12.5 Å². The van der Waals surface area contributed by atoms with Crippen molar-refractivity contribution >= 4 is 17.8 Å². The summed E-state index contributed by atoms with van der Waals surface area (Å²) in [7, 11) is 0. The SMILES string of the molecule is CC(NC(=O)C1CCCC1)C(=O)NCCC(=O)O. The van der Waals surface area contributed by atoms with E-state index in [2.05, 4.69) is 10.6 Å². The Hall–Kier alpha value is -1.59. The van der Waals surface area contributed by atoms with Crippen LogP contribution < -0.4 is 10.6 Å². The molecule has 0 aromatic heterocycles. The van der Waals surface area contributed by atoms with Crippen molar-refractivity contribution in [3.63, 3.8) is 0 Å². The first-order chi connectivity index (χ1) is 8.50. The maximum atomic E-state index is 11.8. The molecule has 0 radical (unpaired) electrons. The van der Waals surface area contributed by atoms with Crippen LogP contribution in [0.4, 0.5) is 0 Å². The molecule has 102 valence electrons. The molecule has 1 aliphatic carbocycles. The number of carboxylic acids is 1. The van der Waals surface area contributed by atoms with Crippen LogP contribution in [0, 0.1) is 5.92 Å². The van der Waals surface area contributed by atoms with E-state index in [0.29, 0.717) is 0 Å². The van der Waals surface area contributed by atoms with Crippen molar-refractivity contribution in [3.8, 4) is 0 Å². The van der Waals surface area contributed by atoms with Crippen LogP contribution in [0.2, 0.25) is 0 Å². The Morgan fingerprint density at radius 2 is 1.89 bits per heavy atom. The summed E-state index contributed by atoms with van der Waals surface area (Å²) in [6.07, 6.45) is 3.79. The van der Waals surface area contributed by atoms with E-state index in [1.807, 2.05) is 0 Å². The van der Waals surface area contributed by atoms with Crippen LogP contribution >= 0.6 is 0 Å². The molecule has 6 nitrogen and oxygen atoms in total. The van der Waals surface area contributed by atoms with E-state index in [1.165, 1.54) is 0 Å². The van der Waals surface area contributed by atoms with Crippen LogP contribution in [0.25, 0.3) is 0 Å². The highest BCUT2D eigenvalue weighted by atomic mass is 16.4. The van der Waals surface area contributed by atoms with Gasteiger partial charge in [-0.3, -0.25) is 14.4 Å². The van der Waals surface area contributed by atoms with E-state index < -0.39 is 12.0 Å². The summed E-state index contributed by atoms with van der Waals surface area (Å²) in [6.45, 7) is 1.68. The Morgan fingerprint density at radius 3 is 2.44 bits per heavy atom. The Morgan fingerprint density at radius 1 is 1.28 bits per heavy atom. The molecule has 0 aromatic rings. The van der Waals surface area contributed by atoms with Crippen LogP contribution in [0.5, 0.6) is 0 Å². The van der Waals surface area contributed by atoms with Crippen molar-refractivity contribution < 1.29 is 19.5 Å². The summed E-state index contributed by atoms with van der Waals surface area (Å²) in [5.41, 5.74) is 0. The quantitative estimate of drug-likeness (QED) is 0.635. The average molecular weight is 256 g/mol. The second-order valence-electron chi connectivity index (χ2n) is 4.65. The number of aliphatic carboxylic acids is 1. The monoisotopic (exact) mass is 256 g/mol. The number of rotatable bonds is 6. The molecular formula is C12H20N2O4. The van der Waals surface area contributed by atoms with Gasteiger partial charge in [0.25, 0.3) is 0 Å². The van der Waals surface area contributed by atoms with E-state index in [4.69, 9.17) is 5.11 Å². The molecule has 18 heavy (non-hydrogen) atoms. The summed E-state index contributed by atoms with van der Waals surface area (Å²) in [5, 5.41) is 13.6. The molecule has 0 aromatic carbocycles. The standard InChI is InChI=1S/C12H20N2O4/c1-8(11(17)13-7-6-10(15)16)14-12(18)9-4-2-3-5-9/h8-9H,2-7H2,1H3,(H,13,17)(H,14,18)(H,15,16). The molecule has 1 atom stereocenters. The molecule has 1 rings (SSSR count). The highest BCUT2D eigenvalue weighted by Crippen LogP contribution is 2.24. The first-order valence-electron chi connectivity index (χ1n) is 6.30. The summed E-state index contributed by atoms with van der Waals surface area (Å²) in [4.78, 5) is 33.6. The Kier molecular flexibility index (Phi) is 5.61. The third-order valence-corrected chi connectivity index (χ3v) is 3.12. The van der Waals surface area contributed by atoms with Gasteiger partial charge in [-0.2, -0.15) is 0 Å². The maximum absolute atomic E-state index is 11.8. The highest BCUT2D eigenvalue weighted by Gasteiger charge is 2.25. The first-order valence-corrected chi connectivity index (χ1v) is 6.30. The summed E-state index contributed by atoms with van der Waals surface area (Å²) in [5.74, 6) is -1.35. The molecule has 1 aliphatic rings. The largest absolute Gasteiger partial charge is 0.481 e. The third kappa shape index (κ3) is 4.73. The summed E-state index contributed by atoms with van der Waals surface area (Å²) < 4.78 is 0. The normalized spacial score (nSPS) is 17.2. The van der Waals surface area contributed by atoms with Gasteiger partial charge >= 0.3 is 5.97 Å². The van der Waals surface area contributed by atoms with Crippen molar-refractivity contribution in [2.45, 2.75) is 45.1 Å². The third-order valence-electron chi connectivity index (χ3n) is 3.12. The Bertz CT molecular complexity index is 324. The zero-order chi connectivity index (χ0) is 13.5. The number of nitrogens with one attached hydrogen (secondary N) is 2. The van der Waals surface area contributed by atoms with E-state index in [1.54, 1.807) is 6.92 Å². The molecule has 2 amide bonds. The van der Waals surface area contributed by atoms with Gasteiger partial charge in [-0.25, -0.2) is 0 Å². The predicted octanol–water partition coefficient (Wildman–Crippen LogP) is 0.272. The lowest BCUT2D eigenvalue weighted by Crippen LogP contribution is -2.46. The van der Waals surface area contributed by atoms with Crippen LogP contribution in [-0.4, -0.2) is 35.5 Å². The Labute approximate surface area is 106 Å². The molecule has 1 fully saturated rings. The number of carbonyl (C=O) groups excluding carboxylic acids is 2. The molecule has 0 heterocycles. The van der Waals surface area contributed by atoms with Gasteiger partial charge in [0.05, 0.1) is 6.42 Å². The smallest absolute Gasteiger partial charge is 0.305 e. The fourth-order valence-corrected chi connectivity index (χ4v) is 2.03. The fraction of sp³-hybridized carbons (Fsp3) is 0.750. The van der Waals surface area contributed by atoms with Gasteiger partial charge < -0.3 is 15.7 Å². The van der Waals surface area contributed by atoms with E-state index in [-0.39, 0.29) is 30.7 Å². The van der Waals surface area contributed by atoms with Gasteiger partial charge in [0.1, 0.15) is 6.04 Å². The minimum absolute atomic E-state index is 0.0271. The van der Waals surface area contributed by atoms with E-state index in [9.17, 15) is 14.4 Å². The number of carbonyl (C=O) groups is 3. The number of carboxylic acid groups (broad SMARTS) is 1. The predicted molar refractivity (Wildman–Crippen MR) is 64.8 cm³/mol. The number of hydrogen-bond donors (Lipinski definition) is 3. The molecule has 1 saturated carbocycles. The molecular weight excluding hydrogens is 236 g/mol. The minimum Gasteiger partial charge on any atom is -0.481 e. The zero-order valence-corrected chi connectivity index (χ0v) is 10.6. The van der Waals surface area contributed by atoms with E-state index in [0.717, 1.165) is 25.7 Å². The van der Waals surface area contributed by atoms with Gasteiger partial charge in [0.2, 0.25) is 11.8 Å².